The van der Waals surface area contributed by atoms with Crippen LogP contribution in [-0.2, 0) is 32.2 Å². The van der Waals surface area contributed by atoms with Gasteiger partial charge < -0.3 is 30.7 Å². The van der Waals surface area contributed by atoms with Crippen LogP contribution < -0.4 is 26.0 Å². The van der Waals surface area contributed by atoms with Crippen molar-refractivity contribution in [3.63, 3.8) is 0 Å². The van der Waals surface area contributed by atoms with Crippen LogP contribution in [-0.4, -0.2) is 80.1 Å². The van der Waals surface area contributed by atoms with Crippen LogP contribution in [0.5, 0.6) is 5.75 Å². The van der Waals surface area contributed by atoms with E-state index in [0.29, 0.717) is 18.7 Å². The molecule has 2 aromatic rings. The van der Waals surface area contributed by atoms with E-state index >= 15 is 0 Å². The topological polar surface area (TPSA) is 138 Å². The number of carbonyl (C=O) groups is 4. The third-order valence-electron chi connectivity index (χ3n) is 7.29. The second kappa shape index (κ2) is 15.3. The van der Waals surface area contributed by atoms with E-state index in [9.17, 15) is 19.2 Å². The summed E-state index contributed by atoms with van der Waals surface area (Å²) in [5.74, 6) is -1.69. The van der Waals surface area contributed by atoms with Crippen LogP contribution in [0.3, 0.4) is 0 Å². The number of hydrogen-bond donors (Lipinski definition) is 4. The highest BCUT2D eigenvalue weighted by Crippen LogP contribution is 2.19. The average molecular weight is 580 g/mol. The Morgan fingerprint density at radius 1 is 0.976 bits per heavy atom. The minimum atomic E-state index is -1.17. The molecule has 2 heterocycles. The van der Waals surface area contributed by atoms with Gasteiger partial charge in [0.15, 0.2) is 0 Å². The van der Waals surface area contributed by atoms with Crippen molar-refractivity contribution in [2.75, 3.05) is 39.5 Å². The van der Waals surface area contributed by atoms with Crippen molar-refractivity contribution in [3.8, 4) is 5.75 Å². The van der Waals surface area contributed by atoms with Crippen LogP contribution in [0.2, 0.25) is 0 Å². The number of rotatable bonds is 6. The highest BCUT2D eigenvalue weighted by molar-refractivity contribution is 6.01. The van der Waals surface area contributed by atoms with Gasteiger partial charge in [0.1, 0.15) is 17.8 Å². The van der Waals surface area contributed by atoms with Crippen molar-refractivity contribution < 1.29 is 28.7 Å². The molecule has 0 saturated carbocycles. The molecule has 0 aromatic heterocycles. The van der Waals surface area contributed by atoms with Gasteiger partial charge in [-0.2, -0.15) is 0 Å². The van der Waals surface area contributed by atoms with Crippen LogP contribution in [0, 0.1) is 5.92 Å². The van der Waals surface area contributed by atoms with E-state index in [0.717, 1.165) is 38.4 Å². The number of para-hydroxylation sites is 1. The van der Waals surface area contributed by atoms with Gasteiger partial charge in [-0.25, -0.2) is 0 Å². The summed E-state index contributed by atoms with van der Waals surface area (Å²) in [6.07, 6.45) is 0.176. The second-order valence-corrected chi connectivity index (χ2v) is 10.9. The Labute approximate surface area is 246 Å². The number of fused-ring (bicyclic) bond motifs is 1. The Hall–Kier alpha value is -3.96. The zero-order valence-electron chi connectivity index (χ0n) is 24.3. The van der Waals surface area contributed by atoms with E-state index in [1.54, 1.807) is 24.3 Å². The summed E-state index contributed by atoms with van der Waals surface area (Å²) in [6, 6.07) is 12.7. The zero-order valence-corrected chi connectivity index (χ0v) is 24.3. The van der Waals surface area contributed by atoms with E-state index in [1.807, 2.05) is 38.1 Å². The maximum Gasteiger partial charge on any atom is 0.255 e. The van der Waals surface area contributed by atoms with Gasteiger partial charge in [0.25, 0.3) is 5.91 Å². The fraction of sp³-hybridized carbons (Fsp3) is 0.484. The number of carbonyl (C=O) groups excluding carboxylic acids is 4. The van der Waals surface area contributed by atoms with Crippen LogP contribution >= 0.6 is 0 Å². The molecule has 0 aliphatic carbocycles. The molecule has 2 aliphatic heterocycles. The Bertz CT molecular complexity index is 1230. The molecule has 0 spiro atoms. The molecule has 11 heteroatoms. The Balaban J connectivity index is 1.46. The molecule has 42 heavy (non-hydrogen) atoms. The molecular weight excluding hydrogens is 538 g/mol. The maximum atomic E-state index is 13.3. The van der Waals surface area contributed by atoms with Crippen LogP contribution in [0.25, 0.3) is 0 Å². The molecule has 0 unspecified atom stereocenters. The number of amides is 4. The molecule has 2 atom stereocenters. The van der Waals surface area contributed by atoms with Crippen molar-refractivity contribution in [2.24, 2.45) is 5.92 Å². The van der Waals surface area contributed by atoms with E-state index in [1.165, 1.54) is 5.56 Å². The molecule has 2 aliphatic rings. The molecule has 0 radical (unpaired) electrons. The Kier molecular flexibility index (Phi) is 11.3. The number of benzene rings is 2. The van der Waals surface area contributed by atoms with Crippen molar-refractivity contribution in [1.29, 1.82) is 0 Å². The lowest BCUT2D eigenvalue weighted by molar-refractivity contribution is -0.131. The fourth-order valence-electron chi connectivity index (χ4n) is 4.85. The van der Waals surface area contributed by atoms with Crippen molar-refractivity contribution in [3.05, 3.63) is 65.2 Å². The van der Waals surface area contributed by atoms with Gasteiger partial charge in [-0.1, -0.05) is 50.2 Å². The molecule has 1 saturated heterocycles. The average Bonchev–Trinajstić information content (AvgIpc) is 2.99. The van der Waals surface area contributed by atoms with Gasteiger partial charge in [-0.3, -0.25) is 24.1 Å². The normalized spacial score (nSPS) is 21.1. The monoisotopic (exact) mass is 579 g/mol. The zero-order chi connectivity index (χ0) is 29.9. The number of morpholine rings is 1. The van der Waals surface area contributed by atoms with Crippen molar-refractivity contribution >= 4 is 23.6 Å². The molecular formula is C31H41N5O6. The van der Waals surface area contributed by atoms with E-state index in [2.05, 4.69) is 26.2 Å². The third kappa shape index (κ3) is 9.02. The van der Waals surface area contributed by atoms with E-state index in [-0.39, 0.29) is 37.0 Å². The predicted molar refractivity (Wildman–Crippen MR) is 157 cm³/mol. The van der Waals surface area contributed by atoms with E-state index < -0.39 is 29.8 Å². The number of nitrogens with zero attached hydrogens (tertiary/aromatic N) is 1. The first-order chi connectivity index (χ1) is 20.3. The van der Waals surface area contributed by atoms with Gasteiger partial charge in [0.2, 0.25) is 17.7 Å². The molecule has 11 nitrogen and oxygen atoms in total. The van der Waals surface area contributed by atoms with Gasteiger partial charge in [0.05, 0.1) is 31.8 Å². The minimum absolute atomic E-state index is 0.182. The first-order valence-electron chi connectivity index (χ1n) is 14.6. The van der Waals surface area contributed by atoms with Crippen LogP contribution in [0.15, 0.2) is 48.5 Å². The molecule has 4 N–H and O–H groups in total. The highest BCUT2D eigenvalue weighted by atomic mass is 16.5. The standard InChI is InChI=1S/C31H41N5O6/c1-21(2)28-31(40)32-12-5-15-42-26-7-4-3-6-24(26)29(38)34-25(18-27(37)35-28)30(39)33-19-22-8-10-23(11-9-22)20-36-13-16-41-17-14-36/h3-4,6-11,21,25,28H,5,12-20H2,1-2H3,(H,32,40)(H,33,39)(H,34,38)(H,35,37)/t25-,28+/m0/s1. The highest BCUT2D eigenvalue weighted by Gasteiger charge is 2.29. The summed E-state index contributed by atoms with van der Waals surface area (Å²) in [6.45, 7) is 8.63. The maximum absolute atomic E-state index is 13.3. The molecule has 226 valence electrons. The molecule has 4 amide bonds. The van der Waals surface area contributed by atoms with Gasteiger partial charge in [0, 0.05) is 32.7 Å². The number of hydrogen-bond acceptors (Lipinski definition) is 7. The molecule has 4 rings (SSSR count). The van der Waals surface area contributed by atoms with Crippen LogP contribution in [0.1, 0.15) is 48.2 Å². The molecule has 2 aromatic carbocycles. The van der Waals surface area contributed by atoms with Gasteiger partial charge >= 0.3 is 0 Å². The lowest BCUT2D eigenvalue weighted by Crippen LogP contribution is -2.53. The first-order valence-corrected chi connectivity index (χ1v) is 14.6. The summed E-state index contributed by atoms with van der Waals surface area (Å²) in [5.41, 5.74) is 2.31. The lowest BCUT2D eigenvalue weighted by Gasteiger charge is -2.26. The number of nitrogens with one attached hydrogen (secondary N) is 4. The quantitative estimate of drug-likeness (QED) is 0.406. The van der Waals surface area contributed by atoms with Crippen LogP contribution in [0.4, 0.5) is 0 Å². The largest absolute Gasteiger partial charge is 0.493 e. The minimum Gasteiger partial charge on any atom is -0.493 e. The first kappa shape index (κ1) is 31.0. The summed E-state index contributed by atoms with van der Waals surface area (Å²) in [7, 11) is 0. The SMILES string of the molecule is CC(C)[C@H]1NC(=O)C[C@@H](C(=O)NCc2ccc(CN3CCOCC3)cc2)NC(=O)c2ccccc2OCCCNC1=O. The predicted octanol–water partition coefficient (Wildman–Crippen LogP) is 1.36. The van der Waals surface area contributed by atoms with E-state index in [4.69, 9.17) is 9.47 Å². The molecule has 1 fully saturated rings. The molecule has 0 bridgehead atoms. The third-order valence-corrected chi connectivity index (χ3v) is 7.29. The Morgan fingerprint density at radius 2 is 1.69 bits per heavy atom. The van der Waals surface area contributed by atoms with Gasteiger partial charge in [-0.05, 0) is 35.6 Å². The van der Waals surface area contributed by atoms with Crippen molar-refractivity contribution in [1.82, 2.24) is 26.2 Å². The summed E-state index contributed by atoms with van der Waals surface area (Å²) < 4.78 is 11.2. The Morgan fingerprint density at radius 3 is 2.43 bits per heavy atom. The smallest absolute Gasteiger partial charge is 0.255 e. The van der Waals surface area contributed by atoms with Gasteiger partial charge in [-0.15, -0.1) is 0 Å². The van der Waals surface area contributed by atoms with Crippen molar-refractivity contribution in [2.45, 2.75) is 51.9 Å². The summed E-state index contributed by atoms with van der Waals surface area (Å²) in [4.78, 5) is 54.8. The summed E-state index contributed by atoms with van der Waals surface area (Å²) in [5, 5.41) is 11.1. The lowest BCUT2D eigenvalue weighted by atomic mass is 10.0. The summed E-state index contributed by atoms with van der Waals surface area (Å²) >= 11 is 0. The fourth-order valence-corrected chi connectivity index (χ4v) is 4.85. The number of ether oxygens (including phenoxy) is 2. The second-order valence-electron chi connectivity index (χ2n) is 10.9.